The Balaban J connectivity index is 2.26. The zero-order valence-corrected chi connectivity index (χ0v) is 10.2. The summed E-state index contributed by atoms with van der Waals surface area (Å²) in [6.07, 6.45) is 1.62. The molecule has 4 nitrogen and oxygen atoms in total. The molecule has 1 unspecified atom stereocenters. The number of hydrogen-bond acceptors (Lipinski definition) is 4. The largest absolute Gasteiger partial charge is 0.480 e. The molecule has 0 bridgehead atoms. The minimum Gasteiger partial charge on any atom is -0.480 e. The highest BCUT2D eigenvalue weighted by Gasteiger charge is 2.28. The second-order valence-corrected chi connectivity index (χ2v) is 4.95. The molecule has 1 fully saturated rings. The van der Waals surface area contributed by atoms with E-state index in [4.69, 9.17) is 4.74 Å². The molecule has 2 rings (SSSR count). The Labute approximate surface area is 99.0 Å². The van der Waals surface area contributed by atoms with Crippen molar-refractivity contribution in [2.45, 2.75) is 12.3 Å². The molecule has 0 N–H and O–H groups in total. The first-order chi connectivity index (χ1) is 7.74. The normalized spacial score (nSPS) is 19.9. The summed E-state index contributed by atoms with van der Waals surface area (Å²) in [6, 6.07) is 3.51. The number of rotatable bonds is 2. The molecule has 1 aliphatic rings. The van der Waals surface area contributed by atoms with Crippen LogP contribution in [-0.2, 0) is 0 Å². The number of hydrogen-bond donors (Lipinski definition) is 0. The van der Waals surface area contributed by atoms with Crippen LogP contribution in [0.2, 0.25) is 0 Å². The van der Waals surface area contributed by atoms with Crippen LogP contribution in [0, 0.1) is 0 Å². The van der Waals surface area contributed by atoms with Gasteiger partial charge in [-0.1, -0.05) is 0 Å². The molecular formula is C11H14N2O2S. The summed E-state index contributed by atoms with van der Waals surface area (Å²) >= 11 is 1.79. The molecule has 1 saturated heterocycles. The van der Waals surface area contributed by atoms with Crippen molar-refractivity contribution >= 4 is 17.7 Å². The van der Waals surface area contributed by atoms with Crippen LogP contribution in [0.1, 0.15) is 17.3 Å². The van der Waals surface area contributed by atoms with Gasteiger partial charge in [-0.3, -0.25) is 4.79 Å². The summed E-state index contributed by atoms with van der Waals surface area (Å²) in [5.74, 6) is 1.40. The maximum atomic E-state index is 12.2. The Morgan fingerprint density at radius 2 is 2.50 bits per heavy atom. The highest BCUT2D eigenvalue weighted by molar-refractivity contribution is 8.00. The molecule has 0 aromatic carbocycles. The van der Waals surface area contributed by atoms with Crippen molar-refractivity contribution in [1.82, 2.24) is 9.88 Å². The fourth-order valence-corrected chi connectivity index (χ4v) is 2.76. The zero-order chi connectivity index (χ0) is 11.5. The van der Waals surface area contributed by atoms with E-state index in [0.717, 1.165) is 12.3 Å². The van der Waals surface area contributed by atoms with Crippen molar-refractivity contribution in [1.29, 1.82) is 0 Å². The fourth-order valence-electron chi connectivity index (χ4n) is 1.73. The lowest BCUT2D eigenvalue weighted by atomic mass is 10.2. The fraction of sp³-hybridized carbons (Fsp3) is 0.455. The van der Waals surface area contributed by atoms with E-state index < -0.39 is 0 Å². The predicted octanol–water partition coefficient (Wildman–Crippen LogP) is 1.63. The third-order valence-electron chi connectivity index (χ3n) is 2.59. The number of nitrogens with zero attached hydrogens (tertiary/aromatic N) is 2. The highest BCUT2D eigenvalue weighted by atomic mass is 32.2. The second kappa shape index (κ2) is 4.74. The first-order valence-corrected chi connectivity index (χ1v) is 6.20. The van der Waals surface area contributed by atoms with Crippen molar-refractivity contribution in [2.75, 3.05) is 19.4 Å². The first kappa shape index (κ1) is 11.3. The average molecular weight is 238 g/mol. The van der Waals surface area contributed by atoms with E-state index in [0.29, 0.717) is 11.4 Å². The summed E-state index contributed by atoms with van der Waals surface area (Å²) in [5, 5.41) is 0.234. The number of thioether (sulfide) groups is 1. The van der Waals surface area contributed by atoms with Gasteiger partial charge in [0.05, 0.1) is 12.5 Å². The summed E-state index contributed by atoms with van der Waals surface area (Å²) < 4.78 is 5.10. The predicted molar refractivity (Wildman–Crippen MR) is 63.7 cm³/mol. The molecule has 0 radical (unpaired) electrons. The molecule has 5 heteroatoms. The molecule has 1 amide bonds. The number of carbonyl (C=O) groups excluding carboxylic acids is 1. The molecule has 2 heterocycles. The van der Waals surface area contributed by atoms with E-state index in [9.17, 15) is 4.79 Å². The first-order valence-electron chi connectivity index (χ1n) is 5.15. The Hall–Kier alpha value is -1.23. The Kier molecular flexibility index (Phi) is 3.33. The minimum absolute atomic E-state index is 0.00227. The molecule has 0 spiro atoms. The Morgan fingerprint density at radius 1 is 1.69 bits per heavy atom. The summed E-state index contributed by atoms with van der Waals surface area (Å²) in [4.78, 5) is 18.1. The van der Waals surface area contributed by atoms with Gasteiger partial charge in [-0.2, -0.15) is 0 Å². The van der Waals surface area contributed by atoms with Gasteiger partial charge in [-0.25, -0.2) is 4.98 Å². The average Bonchev–Trinajstić information content (AvgIpc) is 2.74. The maximum Gasteiger partial charge on any atom is 0.260 e. The second-order valence-electron chi connectivity index (χ2n) is 3.53. The molecule has 1 aliphatic heterocycles. The van der Waals surface area contributed by atoms with Gasteiger partial charge in [0.15, 0.2) is 0 Å². The third-order valence-corrected chi connectivity index (χ3v) is 3.74. The SMILES string of the molecule is COc1ncccc1C(=O)N1CCSC1C. The van der Waals surface area contributed by atoms with Gasteiger partial charge >= 0.3 is 0 Å². The molecule has 0 aliphatic carbocycles. The van der Waals surface area contributed by atoms with E-state index in [2.05, 4.69) is 4.98 Å². The quantitative estimate of drug-likeness (QED) is 0.785. The Bertz CT molecular complexity index is 397. The minimum atomic E-state index is 0.00227. The number of amides is 1. The van der Waals surface area contributed by atoms with E-state index in [-0.39, 0.29) is 11.3 Å². The van der Waals surface area contributed by atoms with Crippen molar-refractivity contribution in [3.05, 3.63) is 23.9 Å². The van der Waals surface area contributed by atoms with Gasteiger partial charge in [-0.05, 0) is 19.1 Å². The van der Waals surface area contributed by atoms with Gasteiger partial charge in [0.25, 0.3) is 5.91 Å². The van der Waals surface area contributed by atoms with Crippen LogP contribution in [0.3, 0.4) is 0 Å². The summed E-state index contributed by atoms with van der Waals surface area (Å²) in [7, 11) is 1.53. The standard InChI is InChI=1S/C11H14N2O2S/c1-8-13(6-7-16-8)11(14)9-4-3-5-12-10(9)15-2/h3-5,8H,6-7H2,1-2H3. The number of methoxy groups -OCH3 is 1. The van der Waals surface area contributed by atoms with Gasteiger partial charge in [0.2, 0.25) is 5.88 Å². The topological polar surface area (TPSA) is 42.4 Å². The van der Waals surface area contributed by atoms with Crippen LogP contribution < -0.4 is 4.74 Å². The molecule has 1 aromatic heterocycles. The monoisotopic (exact) mass is 238 g/mol. The van der Waals surface area contributed by atoms with Crippen molar-refractivity contribution in [3.8, 4) is 5.88 Å². The van der Waals surface area contributed by atoms with Crippen molar-refractivity contribution in [3.63, 3.8) is 0 Å². The van der Waals surface area contributed by atoms with Crippen LogP contribution in [0.15, 0.2) is 18.3 Å². The molecule has 1 aromatic rings. The van der Waals surface area contributed by atoms with Crippen molar-refractivity contribution < 1.29 is 9.53 Å². The van der Waals surface area contributed by atoms with Gasteiger partial charge < -0.3 is 9.64 Å². The highest BCUT2D eigenvalue weighted by Crippen LogP contribution is 2.26. The van der Waals surface area contributed by atoms with E-state index in [1.54, 1.807) is 30.1 Å². The van der Waals surface area contributed by atoms with E-state index in [1.807, 2.05) is 11.8 Å². The summed E-state index contributed by atoms with van der Waals surface area (Å²) in [5.41, 5.74) is 0.541. The van der Waals surface area contributed by atoms with Gasteiger partial charge in [0.1, 0.15) is 5.56 Å². The number of aromatic nitrogens is 1. The van der Waals surface area contributed by atoms with Crippen LogP contribution in [-0.4, -0.2) is 40.6 Å². The van der Waals surface area contributed by atoms with Crippen LogP contribution in [0.4, 0.5) is 0 Å². The van der Waals surface area contributed by atoms with Crippen molar-refractivity contribution in [2.24, 2.45) is 0 Å². The lowest BCUT2D eigenvalue weighted by Crippen LogP contribution is -2.33. The van der Waals surface area contributed by atoms with E-state index in [1.165, 1.54) is 7.11 Å². The zero-order valence-electron chi connectivity index (χ0n) is 9.34. The van der Waals surface area contributed by atoms with Crippen LogP contribution in [0.5, 0.6) is 5.88 Å². The number of ether oxygens (including phenoxy) is 1. The number of carbonyl (C=O) groups is 1. The van der Waals surface area contributed by atoms with Crippen LogP contribution >= 0.6 is 11.8 Å². The maximum absolute atomic E-state index is 12.2. The van der Waals surface area contributed by atoms with Gasteiger partial charge in [-0.15, -0.1) is 11.8 Å². The molecule has 86 valence electrons. The Morgan fingerprint density at radius 3 is 3.12 bits per heavy atom. The van der Waals surface area contributed by atoms with Gasteiger partial charge in [0, 0.05) is 18.5 Å². The molecule has 0 saturated carbocycles. The molecule has 16 heavy (non-hydrogen) atoms. The molecule has 1 atom stereocenters. The molecular weight excluding hydrogens is 224 g/mol. The third kappa shape index (κ3) is 2.00. The number of pyridine rings is 1. The lowest BCUT2D eigenvalue weighted by Gasteiger charge is -2.20. The lowest BCUT2D eigenvalue weighted by molar-refractivity contribution is 0.0764. The summed E-state index contributed by atoms with van der Waals surface area (Å²) in [6.45, 7) is 2.83. The van der Waals surface area contributed by atoms with E-state index >= 15 is 0 Å². The smallest absolute Gasteiger partial charge is 0.260 e. The van der Waals surface area contributed by atoms with Crippen LogP contribution in [0.25, 0.3) is 0 Å².